The third kappa shape index (κ3) is 2.42. The third-order valence-corrected chi connectivity index (χ3v) is 2.03. The summed E-state index contributed by atoms with van der Waals surface area (Å²) >= 11 is 1.23. The molecule has 0 amide bonds. The van der Waals surface area contributed by atoms with E-state index in [0.29, 0.717) is 17.5 Å². The zero-order valence-electron chi connectivity index (χ0n) is 6.35. The second-order valence-electron chi connectivity index (χ2n) is 1.95. The van der Waals surface area contributed by atoms with Crippen LogP contribution in [-0.4, -0.2) is 44.3 Å². The first-order valence-corrected chi connectivity index (χ1v) is 4.43. The molecule has 5 nitrogen and oxygen atoms in total. The number of rotatable bonds is 5. The van der Waals surface area contributed by atoms with Crippen molar-refractivity contribution in [3.63, 3.8) is 0 Å². The van der Waals surface area contributed by atoms with Gasteiger partial charge in [-0.05, 0) is 10.4 Å². The fourth-order valence-corrected chi connectivity index (χ4v) is 1.30. The summed E-state index contributed by atoms with van der Waals surface area (Å²) in [5.74, 6) is 0.339. The van der Waals surface area contributed by atoms with Crippen LogP contribution in [0, 0.1) is 0 Å². The summed E-state index contributed by atoms with van der Waals surface area (Å²) in [6.07, 6.45) is 0. The monoisotopic (exact) mass is 192 g/mol. The summed E-state index contributed by atoms with van der Waals surface area (Å²) in [5.41, 5.74) is 0. The van der Waals surface area contributed by atoms with Gasteiger partial charge in [0.15, 0.2) is 0 Å². The topological polar surface area (TPSA) is 63.8 Å². The average molecular weight is 192 g/mol. The largest absolute Gasteiger partial charge is 0.394 e. The predicted octanol–water partition coefficient (Wildman–Crippen LogP) is -0.273. The summed E-state index contributed by atoms with van der Waals surface area (Å²) < 4.78 is 13.2. The quantitative estimate of drug-likeness (QED) is 0.650. The van der Waals surface area contributed by atoms with E-state index in [1.807, 2.05) is 0 Å². The van der Waals surface area contributed by atoms with Crippen LogP contribution < -0.4 is 0 Å². The fourth-order valence-electron chi connectivity index (χ4n) is 0.665. The van der Waals surface area contributed by atoms with Gasteiger partial charge in [0.2, 0.25) is 5.16 Å². The van der Waals surface area contributed by atoms with Crippen molar-refractivity contribution in [1.82, 2.24) is 20.2 Å². The molecule has 0 atom stereocenters. The van der Waals surface area contributed by atoms with Gasteiger partial charge in [-0.15, -0.1) is 5.10 Å². The molecule has 12 heavy (non-hydrogen) atoms. The van der Waals surface area contributed by atoms with Crippen LogP contribution in [0.4, 0.5) is 4.39 Å². The Labute approximate surface area is 73.0 Å². The van der Waals surface area contributed by atoms with Crippen molar-refractivity contribution in [3.8, 4) is 0 Å². The number of tetrazole rings is 1. The lowest BCUT2D eigenvalue weighted by molar-refractivity contribution is 0.262. The molecule has 0 unspecified atom stereocenters. The summed E-state index contributed by atoms with van der Waals surface area (Å²) in [7, 11) is 0. The zero-order valence-corrected chi connectivity index (χ0v) is 7.17. The standard InChI is InChI=1S/C5H9FN4OS/c6-1-4-12-5-7-8-9-10(5)2-3-11/h11H,1-4H2. The molecular weight excluding hydrogens is 183 g/mol. The van der Waals surface area contributed by atoms with E-state index in [4.69, 9.17) is 5.11 Å². The van der Waals surface area contributed by atoms with Crippen molar-refractivity contribution < 1.29 is 9.50 Å². The molecule has 0 spiro atoms. The van der Waals surface area contributed by atoms with E-state index in [9.17, 15) is 4.39 Å². The third-order valence-electron chi connectivity index (χ3n) is 1.12. The van der Waals surface area contributed by atoms with Crippen molar-refractivity contribution >= 4 is 11.8 Å². The van der Waals surface area contributed by atoms with Crippen molar-refractivity contribution in [3.05, 3.63) is 0 Å². The number of aliphatic hydroxyl groups excluding tert-OH is 1. The highest BCUT2D eigenvalue weighted by Gasteiger charge is 2.04. The highest BCUT2D eigenvalue weighted by atomic mass is 32.2. The van der Waals surface area contributed by atoms with Gasteiger partial charge >= 0.3 is 0 Å². The Kier molecular flexibility index (Phi) is 3.95. The molecule has 0 bridgehead atoms. The van der Waals surface area contributed by atoms with E-state index < -0.39 is 6.67 Å². The van der Waals surface area contributed by atoms with Crippen LogP contribution in [0.3, 0.4) is 0 Å². The number of hydrogen-bond donors (Lipinski definition) is 1. The highest BCUT2D eigenvalue weighted by molar-refractivity contribution is 7.99. The number of thioether (sulfide) groups is 1. The van der Waals surface area contributed by atoms with Gasteiger partial charge in [0.05, 0.1) is 19.8 Å². The Bertz CT molecular complexity index is 231. The molecule has 0 radical (unpaired) electrons. The van der Waals surface area contributed by atoms with E-state index in [1.54, 1.807) is 0 Å². The minimum absolute atomic E-state index is 0.0196. The summed E-state index contributed by atoms with van der Waals surface area (Å²) in [6, 6.07) is 0. The Balaban J connectivity index is 2.51. The first-order valence-electron chi connectivity index (χ1n) is 3.44. The molecule has 0 aromatic carbocycles. The molecule has 68 valence electrons. The smallest absolute Gasteiger partial charge is 0.209 e. The lowest BCUT2D eigenvalue weighted by Crippen LogP contribution is -2.05. The summed E-state index contributed by atoms with van der Waals surface area (Å²) in [5, 5.41) is 19.8. The van der Waals surface area contributed by atoms with Crippen molar-refractivity contribution in [2.45, 2.75) is 11.7 Å². The van der Waals surface area contributed by atoms with Crippen LogP contribution in [0.2, 0.25) is 0 Å². The summed E-state index contributed by atoms with van der Waals surface area (Å²) in [6.45, 7) is -0.0769. The van der Waals surface area contributed by atoms with Gasteiger partial charge in [-0.2, -0.15) is 0 Å². The maximum atomic E-state index is 11.8. The molecular formula is C5H9FN4OS. The molecule has 0 saturated carbocycles. The van der Waals surface area contributed by atoms with E-state index in [2.05, 4.69) is 15.5 Å². The molecule has 1 heterocycles. The maximum Gasteiger partial charge on any atom is 0.209 e. The number of aromatic nitrogens is 4. The van der Waals surface area contributed by atoms with E-state index in [-0.39, 0.29) is 6.61 Å². The molecule has 0 aliphatic rings. The van der Waals surface area contributed by atoms with Gasteiger partial charge in [0, 0.05) is 5.75 Å². The first-order chi connectivity index (χ1) is 5.88. The lowest BCUT2D eigenvalue weighted by Gasteiger charge is -1.98. The Morgan fingerprint density at radius 1 is 1.58 bits per heavy atom. The van der Waals surface area contributed by atoms with E-state index >= 15 is 0 Å². The first kappa shape index (κ1) is 9.40. The Morgan fingerprint density at radius 3 is 3.08 bits per heavy atom. The van der Waals surface area contributed by atoms with Gasteiger partial charge in [0.25, 0.3) is 0 Å². The van der Waals surface area contributed by atoms with Crippen molar-refractivity contribution in [2.24, 2.45) is 0 Å². The van der Waals surface area contributed by atoms with Crippen LogP contribution in [0.25, 0.3) is 0 Å². The molecule has 0 aliphatic heterocycles. The van der Waals surface area contributed by atoms with Crippen LogP contribution in [0.1, 0.15) is 0 Å². The second-order valence-corrected chi connectivity index (χ2v) is 3.01. The highest BCUT2D eigenvalue weighted by Crippen LogP contribution is 2.12. The van der Waals surface area contributed by atoms with Crippen molar-refractivity contribution in [2.75, 3.05) is 19.0 Å². The molecule has 7 heteroatoms. The molecule has 1 aromatic heterocycles. The van der Waals surface area contributed by atoms with Gasteiger partial charge in [-0.3, -0.25) is 4.39 Å². The van der Waals surface area contributed by atoms with E-state index in [1.165, 1.54) is 16.4 Å². The fraction of sp³-hybridized carbons (Fsp3) is 0.800. The zero-order chi connectivity index (χ0) is 8.81. The van der Waals surface area contributed by atoms with Gasteiger partial charge in [0.1, 0.15) is 0 Å². The number of aliphatic hydroxyl groups is 1. The summed E-state index contributed by atoms with van der Waals surface area (Å²) in [4.78, 5) is 0. The maximum absolute atomic E-state index is 11.8. The Morgan fingerprint density at radius 2 is 2.42 bits per heavy atom. The SMILES string of the molecule is OCCn1nnnc1SCCF. The average Bonchev–Trinajstić information content (AvgIpc) is 2.50. The minimum Gasteiger partial charge on any atom is -0.394 e. The van der Waals surface area contributed by atoms with Crippen LogP contribution in [0.15, 0.2) is 5.16 Å². The minimum atomic E-state index is -0.406. The lowest BCUT2D eigenvalue weighted by atomic mass is 10.7. The van der Waals surface area contributed by atoms with Crippen LogP contribution in [-0.2, 0) is 6.54 Å². The molecule has 0 saturated heterocycles. The number of hydrogen-bond acceptors (Lipinski definition) is 5. The van der Waals surface area contributed by atoms with E-state index in [0.717, 1.165) is 0 Å². The van der Waals surface area contributed by atoms with Gasteiger partial charge in [-0.25, -0.2) is 4.68 Å². The second kappa shape index (κ2) is 5.04. The number of alkyl halides is 1. The predicted molar refractivity (Wildman–Crippen MR) is 41.6 cm³/mol. The Hall–Kier alpha value is -0.690. The molecule has 0 aliphatic carbocycles. The van der Waals surface area contributed by atoms with Crippen LogP contribution in [0.5, 0.6) is 0 Å². The van der Waals surface area contributed by atoms with Crippen molar-refractivity contribution in [1.29, 1.82) is 0 Å². The molecule has 1 rings (SSSR count). The van der Waals surface area contributed by atoms with Gasteiger partial charge in [-0.1, -0.05) is 11.8 Å². The number of halogens is 1. The van der Waals surface area contributed by atoms with Crippen LogP contribution >= 0.6 is 11.8 Å². The molecule has 1 N–H and O–H groups in total. The van der Waals surface area contributed by atoms with Gasteiger partial charge < -0.3 is 5.11 Å². The molecule has 1 aromatic rings. The normalized spacial score (nSPS) is 10.5. The molecule has 0 fully saturated rings. The number of nitrogens with zero attached hydrogens (tertiary/aromatic N) is 4.